The molecule has 1 aromatic rings. The minimum absolute atomic E-state index is 0.527. The molecule has 0 radical (unpaired) electrons. The van der Waals surface area contributed by atoms with E-state index < -0.39 is 0 Å². The summed E-state index contributed by atoms with van der Waals surface area (Å²) in [6.07, 6.45) is 6.96. The lowest BCUT2D eigenvalue weighted by Crippen LogP contribution is -2.24. The maximum atomic E-state index is 5.74. The Kier molecular flexibility index (Phi) is 8.84. The van der Waals surface area contributed by atoms with E-state index in [0.717, 1.165) is 31.7 Å². The summed E-state index contributed by atoms with van der Waals surface area (Å²) >= 11 is 0. The van der Waals surface area contributed by atoms with Gasteiger partial charge in [-0.1, -0.05) is 64.3 Å². The molecule has 0 atom stereocenters. The fourth-order valence-electron chi connectivity index (χ4n) is 2.05. The normalized spacial score (nSPS) is 12.0. The van der Waals surface area contributed by atoms with Crippen LogP contribution in [0.5, 0.6) is 5.75 Å². The molecule has 0 aliphatic rings. The molecule has 0 spiro atoms. The van der Waals surface area contributed by atoms with Crippen LogP contribution in [0.25, 0.3) is 6.08 Å². The Morgan fingerprint density at radius 1 is 1.14 bits per heavy atom. The molecular weight excluding hydrogens is 258 g/mol. The number of benzene rings is 1. The molecule has 0 amide bonds. The van der Waals surface area contributed by atoms with Gasteiger partial charge in [-0.3, -0.25) is 0 Å². The maximum Gasteiger partial charge on any atom is 0.119 e. The predicted octanol–water partition coefficient (Wildman–Crippen LogP) is 5.05. The summed E-state index contributed by atoms with van der Waals surface area (Å²) in [6, 6.07) is 8.95. The first-order valence-corrected chi connectivity index (χ1v) is 8.31. The number of rotatable bonds is 10. The van der Waals surface area contributed by atoms with E-state index in [9.17, 15) is 0 Å². The maximum absolute atomic E-state index is 5.74. The Labute approximate surface area is 130 Å². The van der Waals surface area contributed by atoms with E-state index >= 15 is 0 Å². The van der Waals surface area contributed by atoms with Gasteiger partial charge in [0.25, 0.3) is 0 Å². The zero-order valence-electron chi connectivity index (χ0n) is 14.1. The number of unbranched alkanes of at least 4 members (excludes halogenated alkanes) is 2. The Bertz CT molecular complexity index is 406. The molecule has 0 saturated carbocycles. The molecule has 1 N–H and O–H groups in total. The van der Waals surface area contributed by atoms with Crippen molar-refractivity contribution in [3.63, 3.8) is 0 Å². The van der Waals surface area contributed by atoms with E-state index in [2.05, 4.69) is 63.4 Å². The lowest BCUT2D eigenvalue weighted by molar-refractivity contribution is 0.306. The highest BCUT2D eigenvalue weighted by Gasteiger charge is 1.99. The monoisotopic (exact) mass is 289 g/mol. The van der Waals surface area contributed by atoms with Crippen molar-refractivity contribution < 1.29 is 4.74 Å². The SMILES string of the molecule is CCCCCOc1ccc(C=C(CC)CNC(C)C)cc1. The molecule has 118 valence electrons. The highest BCUT2D eigenvalue weighted by Crippen LogP contribution is 2.16. The first-order valence-electron chi connectivity index (χ1n) is 8.31. The van der Waals surface area contributed by atoms with Crippen LogP contribution in [0.2, 0.25) is 0 Å². The smallest absolute Gasteiger partial charge is 0.119 e. The summed E-state index contributed by atoms with van der Waals surface area (Å²) in [6.45, 7) is 10.6. The van der Waals surface area contributed by atoms with E-state index in [1.54, 1.807) is 0 Å². The molecule has 0 fully saturated rings. The molecule has 0 aliphatic carbocycles. The highest BCUT2D eigenvalue weighted by molar-refractivity contribution is 5.54. The van der Waals surface area contributed by atoms with Crippen LogP contribution in [-0.2, 0) is 0 Å². The van der Waals surface area contributed by atoms with Crippen molar-refractivity contribution in [2.45, 2.75) is 59.4 Å². The lowest BCUT2D eigenvalue weighted by Gasteiger charge is -2.10. The van der Waals surface area contributed by atoms with E-state index in [0.29, 0.717) is 6.04 Å². The van der Waals surface area contributed by atoms with Gasteiger partial charge < -0.3 is 10.1 Å². The zero-order valence-corrected chi connectivity index (χ0v) is 14.1. The van der Waals surface area contributed by atoms with Gasteiger partial charge in [-0.25, -0.2) is 0 Å². The minimum atomic E-state index is 0.527. The van der Waals surface area contributed by atoms with Crippen LogP contribution in [0.3, 0.4) is 0 Å². The molecular formula is C19H31NO. The van der Waals surface area contributed by atoms with Crippen molar-refractivity contribution in [1.29, 1.82) is 0 Å². The fraction of sp³-hybridized carbons (Fsp3) is 0.579. The summed E-state index contributed by atoms with van der Waals surface area (Å²) < 4.78 is 5.74. The summed E-state index contributed by atoms with van der Waals surface area (Å²) in [5, 5.41) is 3.47. The average Bonchev–Trinajstić information content (AvgIpc) is 2.49. The van der Waals surface area contributed by atoms with Crippen LogP contribution in [0.4, 0.5) is 0 Å². The molecule has 21 heavy (non-hydrogen) atoms. The van der Waals surface area contributed by atoms with Crippen LogP contribution in [0.1, 0.15) is 58.9 Å². The standard InChI is InChI=1S/C19H31NO/c1-5-7-8-13-21-19-11-9-18(10-12-19)14-17(6-2)15-20-16(3)4/h9-12,14,16,20H,5-8,13,15H2,1-4H3. The molecule has 2 heteroatoms. The molecule has 0 unspecified atom stereocenters. The highest BCUT2D eigenvalue weighted by atomic mass is 16.5. The molecule has 0 heterocycles. The van der Waals surface area contributed by atoms with E-state index in [1.165, 1.54) is 24.0 Å². The number of hydrogen-bond donors (Lipinski definition) is 1. The largest absolute Gasteiger partial charge is 0.494 e. The molecule has 2 nitrogen and oxygen atoms in total. The van der Waals surface area contributed by atoms with Crippen molar-refractivity contribution in [2.24, 2.45) is 0 Å². The van der Waals surface area contributed by atoms with Gasteiger partial charge in [-0.2, -0.15) is 0 Å². The Hall–Kier alpha value is -1.28. The topological polar surface area (TPSA) is 21.3 Å². The minimum Gasteiger partial charge on any atom is -0.494 e. The van der Waals surface area contributed by atoms with Crippen LogP contribution in [-0.4, -0.2) is 19.2 Å². The second-order valence-electron chi connectivity index (χ2n) is 5.82. The van der Waals surface area contributed by atoms with Crippen molar-refractivity contribution in [1.82, 2.24) is 5.32 Å². The average molecular weight is 289 g/mol. The van der Waals surface area contributed by atoms with Crippen LogP contribution in [0, 0.1) is 0 Å². The quantitative estimate of drug-likeness (QED) is 0.609. The third kappa shape index (κ3) is 7.91. The van der Waals surface area contributed by atoms with Crippen molar-refractivity contribution in [3.8, 4) is 5.75 Å². The molecule has 1 aromatic carbocycles. The molecule has 0 aromatic heterocycles. The fourth-order valence-corrected chi connectivity index (χ4v) is 2.05. The third-order valence-electron chi connectivity index (χ3n) is 3.46. The van der Waals surface area contributed by atoms with Gasteiger partial charge in [-0.15, -0.1) is 0 Å². The van der Waals surface area contributed by atoms with Gasteiger partial charge in [0.1, 0.15) is 5.75 Å². The van der Waals surface area contributed by atoms with Crippen molar-refractivity contribution in [2.75, 3.05) is 13.2 Å². The van der Waals surface area contributed by atoms with Crippen LogP contribution < -0.4 is 10.1 Å². The Balaban J connectivity index is 2.51. The Morgan fingerprint density at radius 2 is 1.86 bits per heavy atom. The molecule has 0 saturated heterocycles. The summed E-state index contributed by atoms with van der Waals surface area (Å²) in [5.41, 5.74) is 2.68. The molecule has 0 bridgehead atoms. The summed E-state index contributed by atoms with van der Waals surface area (Å²) in [5.74, 6) is 0.974. The van der Waals surface area contributed by atoms with E-state index in [4.69, 9.17) is 4.74 Å². The van der Waals surface area contributed by atoms with Gasteiger partial charge in [0.15, 0.2) is 0 Å². The first kappa shape index (κ1) is 17.8. The number of ether oxygens (including phenoxy) is 1. The van der Waals surface area contributed by atoms with Gasteiger partial charge in [-0.05, 0) is 30.5 Å². The van der Waals surface area contributed by atoms with E-state index in [-0.39, 0.29) is 0 Å². The van der Waals surface area contributed by atoms with Gasteiger partial charge in [0.05, 0.1) is 6.61 Å². The van der Waals surface area contributed by atoms with Crippen LogP contribution in [0.15, 0.2) is 29.8 Å². The molecule has 1 rings (SSSR count). The third-order valence-corrected chi connectivity index (χ3v) is 3.46. The second kappa shape index (κ2) is 10.4. The second-order valence-corrected chi connectivity index (χ2v) is 5.82. The number of nitrogens with one attached hydrogen (secondary N) is 1. The predicted molar refractivity (Wildman–Crippen MR) is 92.9 cm³/mol. The van der Waals surface area contributed by atoms with Crippen LogP contribution >= 0.6 is 0 Å². The van der Waals surface area contributed by atoms with Crippen molar-refractivity contribution >= 4 is 6.08 Å². The lowest BCUT2D eigenvalue weighted by atomic mass is 10.1. The van der Waals surface area contributed by atoms with Gasteiger partial charge in [0.2, 0.25) is 0 Å². The van der Waals surface area contributed by atoms with E-state index in [1.807, 2.05) is 0 Å². The summed E-state index contributed by atoms with van der Waals surface area (Å²) in [4.78, 5) is 0. The first-order chi connectivity index (χ1) is 10.2. The number of hydrogen-bond acceptors (Lipinski definition) is 2. The Morgan fingerprint density at radius 3 is 2.43 bits per heavy atom. The van der Waals surface area contributed by atoms with Gasteiger partial charge in [0, 0.05) is 12.6 Å². The molecule has 0 aliphatic heterocycles. The summed E-state index contributed by atoms with van der Waals surface area (Å²) in [7, 11) is 0. The van der Waals surface area contributed by atoms with Gasteiger partial charge >= 0.3 is 0 Å². The van der Waals surface area contributed by atoms with Crippen molar-refractivity contribution in [3.05, 3.63) is 35.4 Å². The zero-order chi connectivity index (χ0) is 15.5.